The van der Waals surface area contributed by atoms with Crippen molar-refractivity contribution >= 4 is 11.6 Å². The molecule has 102 valence electrons. The molecule has 0 saturated carbocycles. The zero-order chi connectivity index (χ0) is 14.3. The summed E-state index contributed by atoms with van der Waals surface area (Å²) < 4.78 is 0. The summed E-state index contributed by atoms with van der Waals surface area (Å²) in [4.78, 5) is 16.1. The van der Waals surface area contributed by atoms with Crippen LogP contribution in [0.15, 0.2) is 18.3 Å². The van der Waals surface area contributed by atoms with Crippen LogP contribution in [0.5, 0.6) is 0 Å². The minimum absolute atomic E-state index is 0.463. The van der Waals surface area contributed by atoms with Gasteiger partial charge in [0.2, 0.25) is 5.91 Å². The Labute approximate surface area is 113 Å². The third-order valence-corrected chi connectivity index (χ3v) is 2.79. The lowest BCUT2D eigenvalue weighted by molar-refractivity contribution is -0.118. The first kappa shape index (κ1) is 14.9. The number of nitriles is 1. The summed E-state index contributed by atoms with van der Waals surface area (Å²) in [5, 5.41) is 8.84. The van der Waals surface area contributed by atoms with E-state index in [-0.39, 0.29) is 0 Å². The molecule has 0 bridgehead atoms. The van der Waals surface area contributed by atoms with E-state index in [2.05, 4.69) is 21.7 Å². The number of rotatable bonds is 2. The fraction of sp³-hybridized carbons (Fsp3) is 0.462. The Hall–Kier alpha value is -2.13. The second-order valence-electron chi connectivity index (χ2n) is 4.37. The molecule has 6 nitrogen and oxygen atoms in total. The Morgan fingerprint density at radius 1 is 1.53 bits per heavy atom. The van der Waals surface area contributed by atoms with Crippen LogP contribution in [0.1, 0.15) is 25.5 Å². The van der Waals surface area contributed by atoms with Gasteiger partial charge in [-0.25, -0.2) is 4.98 Å². The maximum Gasteiger partial charge on any atom is 0.234 e. The summed E-state index contributed by atoms with van der Waals surface area (Å²) in [6, 6.07) is 5.46. The second kappa shape index (κ2) is 7.34. The Morgan fingerprint density at radius 3 is 2.58 bits per heavy atom. The number of amides is 1. The highest BCUT2D eigenvalue weighted by Crippen LogP contribution is 2.21. The van der Waals surface area contributed by atoms with Crippen molar-refractivity contribution in [3.05, 3.63) is 24.0 Å². The van der Waals surface area contributed by atoms with Gasteiger partial charge in [0.1, 0.15) is 6.07 Å². The highest BCUT2D eigenvalue weighted by Gasteiger charge is 2.15. The van der Waals surface area contributed by atoms with Crippen molar-refractivity contribution in [1.82, 2.24) is 4.98 Å². The Balaban J connectivity index is 0.000000258. The summed E-state index contributed by atoms with van der Waals surface area (Å²) in [7, 11) is 0. The molecule has 2 rings (SSSR count). The molecule has 0 spiro atoms. The number of hydrogen-bond acceptors (Lipinski definition) is 5. The van der Waals surface area contributed by atoms with E-state index in [1.807, 2.05) is 12.1 Å². The molecule has 1 atom stereocenters. The number of carbonyl (C=O) groups is 1. The number of nitrogens with zero attached hydrogens (tertiary/aromatic N) is 3. The van der Waals surface area contributed by atoms with E-state index >= 15 is 0 Å². The number of carbonyl (C=O) groups excluding carboxylic acids is 1. The maximum atomic E-state index is 9.80. The Bertz CT molecular complexity index is 460. The van der Waals surface area contributed by atoms with E-state index in [0.717, 1.165) is 18.8 Å². The zero-order valence-corrected chi connectivity index (χ0v) is 11.0. The highest BCUT2D eigenvalue weighted by molar-refractivity contribution is 5.78. The number of anilines is 1. The first-order chi connectivity index (χ1) is 9.06. The number of pyridine rings is 1. The molecule has 1 aliphatic rings. The van der Waals surface area contributed by atoms with Gasteiger partial charge in [0.25, 0.3) is 0 Å². The molecule has 1 aromatic rings. The molecule has 1 aromatic heterocycles. The van der Waals surface area contributed by atoms with Crippen molar-refractivity contribution in [3.8, 4) is 6.07 Å². The normalized spacial score (nSPS) is 15.1. The van der Waals surface area contributed by atoms with Crippen LogP contribution >= 0.6 is 0 Å². The molecule has 4 N–H and O–H groups in total. The third-order valence-electron chi connectivity index (χ3n) is 2.79. The largest absolute Gasteiger partial charge is 0.369 e. The molecule has 0 radical (unpaired) electrons. The SMILES string of the molecule is CC(N)C(N)=O.N#Cc1ncccc1N1CCCC1. The quantitative estimate of drug-likeness (QED) is 0.799. The molecular weight excluding hydrogens is 242 g/mol. The Kier molecular flexibility index (Phi) is 5.76. The number of nitrogens with two attached hydrogens (primary N) is 2. The molecule has 1 fully saturated rings. The van der Waals surface area contributed by atoms with Crippen LogP contribution in [0.4, 0.5) is 5.69 Å². The van der Waals surface area contributed by atoms with Gasteiger partial charge in [-0.05, 0) is 31.9 Å². The van der Waals surface area contributed by atoms with Crippen molar-refractivity contribution in [2.24, 2.45) is 11.5 Å². The minimum atomic E-state index is -0.509. The molecule has 0 aromatic carbocycles. The van der Waals surface area contributed by atoms with Crippen LogP contribution in [0.25, 0.3) is 0 Å². The Morgan fingerprint density at radius 2 is 2.11 bits per heavy atom. The average molecular weight is 261 g/mol. The van der Waals surface area contributed by atoms with Gasteiger partial charge >= 0.3 is 0 Å². The predicted octanol–water partition coefficient (Wildman–Crippen LogP) is 0.372. The second-order valence-corrected chi connectivity index (χ2v) is 4.37. The van der Waals surface area contributed by atoms with Gasteiger partial charge < -0.3 is 16.4 Å². The zero-order valence-electron chi connectivity index (χ0n) is 11.0. The van der Waals surface area contributed by atoms with Crippen molar-refractivity contribution in [2.75, 3.05) is 18.0 Å². The molecule has 1 amide bonds. The fourth-order valence-electron chi connectivity index (χ4n) is 1.70. The molecule has 1 saturated heterocycles. The van der Waals surface area contributed by atoms with E-state index in [4.69, 9.17) is 11.0 Å². The van der Waals surface area contributed by atoms with E-state index in [0.29, 0.717) is 5.69 Å². The average Bonchev–Trinajstić information content (AvgIpc) is 2.93. The number of aromatic nitrogens is 1. The lowest BCUT2D eigenvalue weighted by atomic mass is 10.3. The molecule has 6 heteroatoms. The summed E-state index contributed by atoms with van der Waals surface area (Å²) in [5.74, 6) is -0.463. The smallest absolute Gasteiger partial charge is 0.234 e. The summed E-state index contributed by atoms with van der Waals surface area (Å²) in [6.07, 6.45) is 4.11. The van der Waals surface area contributed by atoms with Crippen molar-refractivity contribution in [3.63, 3.8) is 0 Å². The lowest BCUT2D eigenvalue weighted by Gasteiger charge is -2.17. The molecular formula is C13H19N5O. The van der Waals surface area contributed by atoms with Gasteiger partial charge in [-0.1, -0.05) is 0 Å². The van der Waals surface area contributed by atoms with Crippen LogP contribution < -0.4 is 16.4 Å². The summed E-state index contributed by atoms with van der Waals surface area (Å²) in [6.45, 7) is 3.66. The topological polar surface area (TPSA) is 109 Å². The van der Waals surface area contributed by atoms with Gasteiger partial charge in [0, 0.05) is 19.3 Å². The van der Waals surface area contributed by atoms with Crippen molar-refractivity contribution in [2.45, 2.75) is 25.8 Å². The van der Waals surface area contributed by atoms with Crippen LogP contribution in [-0.4, -0.2) is 30.0 Å². The van der Waals surface area contributed by atoms with Crippen LogP contribution in [0.3, 0.4) is 0 Å². The fourth-order valence-corrected chi connectivity index (χ4v) is 1.70. The van der Waals surface area contributed by atoms with Gasteiger partial charge in [0.15, 0.2) is 5.69 Å². The van der Waals surface area contributed by atoms with Crippen LogP contribution in [0.2, 0.25) is 0 Å². The van der Waals surface area contributed by atoms with Gasteiger partial charge in [0.05, 0.1) is 11.7 Å². The predicted molar refractivity (Wildman–Crippen MR) is 73.2 cm³/mol. The molecule has 1 unspecified atom stereocenters. The van der Waals surface area contributed by atoms with Crippen LogP contribution in [0, 0.1) is 11.3 Å². The molecule has 19 heavy (non-hydrogen) atoms. The molecule has 1 aliphatic heterocycles. The van der Waals surface area contributed by atoms with Crippen molar-refractivity contribution in [1.29, 1.82) is 5.26 Å². The molecule has 2 heterocycles. The van der Waals surface area contributed by atoms with Gasteiger partial charge in [-0.3, -0.25) is 4.79 Å². The lowest BCUT2D eigenvalue weighted by Crippen LogP contribution is -2.32. The summed E-state index contributed by atoms with van der Waals surface area (Å²) >= 11 is 0. The monoisotopic (exact) mass is 261 g/mol. The van der Waals surface area contributed by atoms with Gasteiger partial charge in [-0.15, -0.1) is 0 Å². The third kappa shape index (κ3) is 4.56. The standard InChI is InChI=1S/C10H11N3.C3H8N2O/c11-8-9-10(4-3-5-12-9)13-6-1-2-7-13;1-2(4)3(5)6/h3-5H,1-2,6-7H2;2H,4H2,1H3,(H2,5,6). The van der Waals surface area contributed by atoms with E-state index in [1.54, 1.807) is 13.1 Å². The number of primary amides is 1. The first-order valence-corrected chi connectivity index (χ1v) is 6.21. The minimum Gasteiger partial charge on any atom is -0.369 e. The van der Waals surface area contributed by atoms with E-state index < -0.39 is 11.9 Å². The van der Waals surface area contributed by atoms with Gasteiger partial charge in [-0.2, -0.15) is 5.26 Å². The van der Waals surface area contributed by atoms with Crippen LogP contribution in [-0.2, 0) is 4.79 Å². The first-order valence-electron chi connectivity index (χ1n) is 6.21. The molecule has 0 aliphatic carbocycles. The maximum absolute atomic E-state index is 9.80. The highest BCUT2D eigenvalue weighted by atomic mass is 16.1. The van der Waals surface area contributed by atoms with E-state index in [9.17, 15) is 4.79 Å². The van der Waals surface area contributed by atoms with E-state index in [1.165, 1.54) is 12.8 Å². The summed E-state index contributed by atoms with van der Waals surface area (Å²) in [5.41, 5.74) is 11.2. The number of hydrogen-bond donors (Lipinski definition) is 2. The van der Waals surface area contributed by atoms with Crippen molar-refractivity contribution < 1.29 is 4.79 Å².